The van der Waals surface area contributed by atoms with E-state index in [4.69, 9.17) is 9.47 Å². The van der Waals surface area contributed by atoms with E-state index in [1.807, 2.05) is 19.1 Å². The molecule has 0 saturated carbocycles. The number of carbonyl (C=O) groups is 1. The second-order valence-electron chi connectivity index (χ2n) is 4.08. The minimum Gasteiger partial charge on any atom is -0.496 e. The Kier molecular flexibility index (Phi) is 4.71. The van der Waals surface area contributed by atoms with Crippen molar-refractivity contribution in [1.82, 2.24) is 9.97 Å². The number of ether oxygens (including phenoxy) is 3. The summed E-state index contributed by atoms with van der Waals surface area (Å²) < 4.78 is 15.4. The van der Waals surface area contributed by atoms with Gasteiger partial charge in [0.1, 0.15) is 11.5 Å². The van der Waals surface area contributed by atoms with Crippen molar-refractivity contribution in [1.29, 1.82) is 0 Å². The lowest BCUT2D eigenvalue weighted by atomic mass is 10.1. The Morgan fingerprint density at radius 2 is 2.05 bits per heavy atom. The van der Waals surface area contributed by atoms with Crippen molar-refractivity contribution in [2.24, 2.45) is 0 Å². The minimum atomic E-state index is -0.533. The number of hydrogen-bond acceptors (Lipinski definition) is 6. The highest BCUT2D eigenvalue weighted by molar-refractivity contribution is 5.87. The van der Waals surface area contributed by atoms with Crippen LogP contribution in [0.1, 0.15) is 17.4 Å². The number of methoxy groups -OCH3 is 2. The number of benzene rings is 1. The molecule has 0 spiro atoms. The van der Waals surface area contributed by atoms with E-state index >= 15 is 0 Å². The molecule has 0 saturated heterocycles. The van der Waals surface area contributed by atoms with E-state index in [1.54, 1.807) is 19.4 Å². The SMILES string of the molecule is CCOc1ccc(-c2cncc(C(=O)OC)n2)c(OC)c1. The standard InChI is InChI=1S/C15H16N2O4/c1-4-21-10-5-6-11(14(7-10)19-2)12-8-16-9-13(17-12)15(18)20-3/h5-9H,4H2,1-3H3. The lowest BCUT2D eigenvalue weighted by molar-refractivity contribution is 0.0593. The first-order chi connectivity index (χ1) is 10.2. The molecular formula is C15H16N2O4. The summed E-state index contributed by atoms with van der Waals surface area (Å²) in [4.78, 5) is 19.8. The van der Waals surface area contributed by atoms with Gasteiger partial charge in [0, 0.05) is 11.6 Å². The summed E-state index contributed by atoms with van der Waals surface area (Å²) >= 11 is 0. The van der Waals surface area contributed by atoms with Crippen LogP contribution in [0.4, 0.5) is 0 Å². The van der Waals surface area contributed by atoms with Crippen molar-refractivity contribution in [3.63, 3.8) is 0 Å². The molecule has 1 aromatic heterocycles. The highest BCUT2D eigenvalue weighted by Crippen LogP contribution is 2.32. The van der Waals surface area contributed by atoms with Gasteiger partial charge in [0.15, 0.2) is 5.69 Å². The van der Waals surface area contributed by atoms with E-state index in [0.717, 1.165) is 5.56 Å². The number of carbonyl (C=O) groups excluding carboxylic acids is 1. The normalized spacial score (nSPS) is 10.0. The first-order valence-electron chi connectivity index (χ1n) is 6.41. The topological polar surface area (TPSA) is 70.5 Å². The van der Waals surface area contributed by atoms with E-state index in [1.165, 1.54) is 13.3 Å². The number of hydrogen-bond donors (Lipinski definition) is 0. The van der Waals surface area contributed by atoms with E-state index in [9.17, 15) is 4.79 Å². The van der Waals surface area contributed by atoms with Gasteiger partial charge in [0.05, 0.1) is 38.9 Å². The number of nitrogens with zero attached hydrogens (tertiary/aromatic N) is 2. The molecule has 0 bridgehead atoms. The summed E-state index contributed by atoms with van der Waals surface area (Å²) in [5, 5.41) is 0. The molecule has 0 N–H and O–H groups in total. The summed E-state index contributed by atoms with van der Waals surface area (Å²) in [7, 11) is 2.86. The lowest BCUT2D eigenvalue weighted by Gasteiger charge is -2.11. The third-order valence-electron chi connectivity index (χ3n) is 2.79. The van der Waals surface area contributed by atoms with Gasteiger partial charge in [-0.05, 0) is 19.1 Å². The van der Waals surface area contributed by atoms with Gasteiger partial charge < -0.3 is 14.2 Å². The van der Waals surface area contributed by atoms with Crippen molar-refractivity contribution in [3.05, 3.63) is 36.3 Å². The average molecular weight is 288 g/mol. The van der Waals surface area contributed by atoms with Gasteiger partial charge in [0.2, 0.25) is 0 Å². The summed E-state index contributed by atoms with van der Waals surface area (Å²) in [6.45, 7) is 2.48. The lowest BCUT2D eigenvalue weighted by Crippen LogP contribution is -2.05. The van der Waals surface area contributed by atoms with Crippen LogP contribution < -0.4 is 9.47 Å². The van der Waals surface area contributed by atoms with Crippen LogP contribution in [-0.2, 0) is 4.74 Å². The highest BCUT2D eigenvalue weighted by Gasteiger charge is 2.13. The second kappa shape index (κ2) is 6.69. The molecule has 0 atom stereocenters. The fourth-order valence-corrected chi connectivity index (χ4v) is 1.84. The number of rotatable bonds is 5. The molecule has 0 aliphatic heterocycles. The predicted octanol–water partition coefficient (Wildman–Crippen LogP) is 2.34. The quantitative estimate of drug-likeness (QED) is 0.786. The van der Waals surface area contributed by atoms with Gasteiger partial charge in [0.25, 0.3) is 0 Å². The Morgan fingerprint density at radius 1 is 1.24 bits per heavy atom. The van der Waals surface area contributed by atoms with Gasteiger partial charge in [-0.1, -0.05) is 0 Å². The van der Waals surface area contributed by atoms with Gasteiger partial charge in [-0.15, -0.1) is 0 Å². The van der Waals surface area contributed by atoms with Crippen LogP contribution in [0.3, 0.4) is 0 Å². The van der Waals surface area contributed by atoms with Gasteiger partial charge in [-0.25, -0.2) is 9.78 Å². The van der Waals surface area contributed by atoms with Crippen molar-refractivity contribution in [2.75, 3.05) is 20.8 Å². The third-order valence-corrected chi connectivity index (χ3v) is 2.79. The zero-order chi connectivity index (χ0) is 15.2. The van der Waals surface area contributed by atoms with Gasteiger partial charge in [-0.2, -0.15) is 0 Å². The third kappa shape index (κ3) is 3.28. The molecule has 0 fully saturated rings. The fraction of sp³-hybridized carbons (Fsp3) is 0.267. The van der Waals surface area contributed by atoms with E-state index in [-0.39, 0.29) is 5.69 Å². The molecule has 6 nitrogen and oxygen atoms in total. The maximum atomic E-state index is 11.5. The summed E-state index contributed by atoms with van der Waals surface area (Å²) in [5.74, 6) is 0.765. The largest absolute Gasteiger partial charge is 0.496 e. The van der Waals surface area contributed by atoms with Crippen LogP contribution in [-0.4, -0.2) is 36.8 Å². The molecule has 2 rings (SSSR count). The van der Waals surface area contributed by atoms with Crippen LogP contribution in [0.15, 0.2) is 30.6 Å². The summed E-state index contributed by atoms with van der Waals surface area (Å²) in [6.07, 6.45) is 2.92. The van der Waals surface area contributed by atoms with E-state index in [0.29, 0.717) is 23.8 Å². The maximum Gasteiger partial charge on any atom is 0.358 e. The molecule has 1 aromatic carbocycles. The van der Waals surface area contributed by atoms with Crippen LogP contribution >= 0.6 is 0 Å². The van der Waals surface area contributed by atoms with Crippen LogP contribution in [0, 0.1) is 0 Å². The zero-order valence-corrected chi connectivity index (χ0v) is 12.1. The van der Waals surface area contributed by atoms with E-state index in [2.05, 4.69) is 14.7 Å². The van der Waals surface area contributed by atoms with Crippen LogP contribution in [0.5, 0.6) is 11.5 Å². The monoisotopic (exact) mass is 288 g/mol. The predicted molar refractivity (Wildman–Crippen MR) is 76.5 cm³/mol. The molecule has 0 unspecified atom stereocenters. The Balaban J connectivity index is 2.43. The van der Waals surface area contributed by atoms with Gasteiger partial charge in [-0.3, -0.25) is 4.98 Å². The molecule has 1 heterocycles. The zero-order valence-electron chi connectivity index (χ0n) is 12.1. The van der Waals surface area contributed by atoms with Crippen molar-refractivity contribution in [2.45, 2.75) is 6.92 Å². The smallest absolute Gasteiger partial charge is 0.358 e. The molecule has 0 aliphatic rings. The molecule has 110 valence electrons. The van der Waals surface area contributed by atoms with Crippen LogP contribution in [0.25, 0.3) is 11.3 Å². The summed E-state index contributed by atoms with van der Waals surface area (Å²) in [5.41, 5.74) is 1.39. The number of esters is 1. The Labute approximate surface area is 122 Å². The molecule has 0 aliphatic carbocycles. The van der Waals surface area contributed by atoms with E-state index < -0.39 is 5.97 Å². The van der Waals surface area contributed by atoms with Gasteiger partial charge >= 0.3 is 5.97 Å². The highest BCUT2D eigenvalue weighted by atomic mass is 16.5. The Hall–Kier alpha value is -2.63. The molecule has 0 amide bonds. The molecule has 0 radical (unpaired) electrons. The van der Waals surface area contributed by atoms with Crippen molar-refractivity contribution < 1.29 is 19.0 Å². The van der Waals surface area contributed by atoms with Crippen LogP contribution in [0.2, 0.25) is 0 Å². The second-order valence-corrected chi connectivity index (χ2v) is 4.08. The Morgan fingerprint density at radius 3 is 2.71 bits per heavy atom. The first kappa shape index (κ1) is 14.8. The minimum absolute atomic E-state index is 0.144. The molecule has 6 heteroatoms. The van der Waals surface area contributed by atoms with Crippen molar-refractivity contribution >= 4 is 5.97 Å². The Bertz CT molecular complexity index is 643. The number of aromatic nitrogens is 2. The van der Waals surface area contributed by atoms with Crippen molar-refractivity contribution in [3.8, 4) is 22.8 Å². The molecule has 21 heavy (non-hydrogen) atoms. The first-order valence-corrected chi connectivity index (χ1v) is 6.41. The molecule has 2 aromatic rings. The molecular weight excluding hydrogens is 272 g/mol. The summed E-state index contributed by atoms with van der Waals surface area (Å²) in [6, 6.07) is 5.40. The fourth-order valence-electron chi connectivity index (χ4n) is 1.84. The average Bonchev–Trinajstić information content (AvgIpc) is 2.54. The maximum absolute atomic E-state index is 11.5.